The number of sulfone groups is 1. The largest absolute Gasteiger partial charge is 0.473 e. The molecule has 334 valence electrons. The molecule has 1 atom stereocenters. The first-order valence-corrected chi connectivity index (χ1v) is 25.4. The van der Waals surface area contributed by atoms with E-state index in [2.05, 4.69) is 19.2 Å². The number of amides is 1. The lowest BCUT2D eigenvalue weighted by Gasteiger charge is -2.17. The van der Waals surface area contributed by atoms with Crippen molar-refractivity contribution >= 4 is 44.8 Å². The molecule has 0 aromatic heterocycles. The molecule has 10 heteroatoms. The zero-order chi connectivity index (χ0) is 43.0. The molecule has 0 saturated heterocycles. The van der Waals surface area contributed by atoms with Gasteiger partial charge in [0.15, 0.2) is 15.6 Å². The zero-order valence-corrected chi connectivity index (χ0v) is 38.5. The number of benzene rings is 2. The van der Waals surface area contributed by atoms with Gasteiger partial charge in [0.2, 0.25) is 6.10 Å². The van der Waals surface area contributed by atoms with E-state index >= 15 is 0 Å². The SMILES string of the molecule is CCCCCCCCCCCCCCCCOC(=O)c1ccc(Cl)c(NC(=O)C(Oc2ccc(S(=O)(=O)CCCCCCCCCCCCCCCC)cc2)C(C)=O)c1. The summed E-state index contributed by atoms with van der Waals surface area (Å²) in [5.41, 5.74) is 0.364. The Morgan fingerprint density at radius 1 is 0.593 bits per heavy atom. The topological polar surface area (TPSA) is 116 Å². The summed E-state index contributed by atoms with van der Waals surface area (Å²) in [7, 11) is -3.48. The maximum atomic E-state index is 13.2. The Morgan fingerprint density at radius 3 is 1.46 bits per heavy atom. The van der Waals surface area contributed by atoms with Crippen molar-refractivity contribution in [2.24, 2.45) is 0 Å². The van der Waals surface area contributed by atoms with E-state index in [-0.39, 0.29) is 32.7 Å². The Morgan fingerprint density at radius 2 is 1.02 bits per heavy atom. The van der Waals surface area contributed by atoms with Crippen molar-refractivity contribution < 1.29 is 32.3 Å². The van der Waals surface area contributed by atoms with Crippen molar-refractivity contribution in [3.8, 4) is 5.75 Å². The Hall–Kier alpha value is -2.91. The van der Waals surface area contributed by atoms with Crippen molar-refractivity contribution in [1.82, 2.24) is 0 Å². The minimum Gasteiger partial charge on any atom is -0.473 e. The van der Waals surface area contributed by atoms with Crippen molar-refractivity contribution in [3.63, 3.8) is 0 Å². The van der Waals surface area contributed by atoms with Crippen molar-refractivity contribution in [2.75, 3.05) is 17.7 Å². The number of esters is 1. The van der Waals surface area contributed by atoms with Gasteiger partial charge in [-0.1, -0.05) is 192 Å². The summed E-state index contributed by atoms with van der Waals surface area (Å²) in [6.45, 7) is 6.03. The summed E-state index contributed by atoms with van der Waals surface area (Å²) in [6.07, 6.45) is 32.7. The molecule has 0 heterocycles. The molecule has 0 aliphatic heterocycles. The second-order valence-electron chi connectivity index (χ2n) is 16.4. The Bertz CT molecular complexity index is 1550. The highest BCUT2D eigenvalue weighted by Gasteiger charge is 2.27. The van der Waals surface area contributed by atoms with Crippen LogP contribution < -0.4 is 10.1 Å². The maximum absolute atomic E-state index is 13.2. The summed E-state index contributed by atoms with van der Waals surface area (Å²) in [6, 6.07) is 10.2. The number of halogens is 1. The molecular formula is C49H78ClNO7S. The van der Waals surface area contributed by atoms with Gasteiger partial charge in [0.1, 0.15) is 5.75 Å². The van der Waals surface area contributed by atoms with Crippen molar-refractivity contribution in [1.29, 1.82) is 0 Å². The molecule has 0 saturated carbocycles. The van der Waals surface area contributed by atoms with Gasteiger partial charge in [-0.15, -0.1) is 0 Å². The molecule has 8 nitrogen and oxygen atoms in total. The van der Waals surface area contributed by atoms with E-state index in [4.69, 9.17) is 21.1 Å². The first-order chi connectivity index (χ1) is 28.6. The summed E-state index contributed by atoms with van der Waals surface area (Å²) >= 11 is 6.35. The number of carbonyl (C=O) groups excluding carboxylic acids is 3. The number of ether oxygens (including phenoxy) is 2. The minimum atomic E-state index is -3.48. The molecule has 59 heavy (non-hydrogen) atoms. The van der Waals surface area contributed by atoms with Gasteiger partial charge >= 0.3 is 5.97 Å². The van der Waals surface area contributed by atoms with Crippen LogP contribution in [0.5, 0.6) is 5.75 Å². The van der Waals surface area contributed by atoms with Gasteiger partial charge < -0.3 is 14.8 Å². The number of Topliss-reactive ketones (excluding diaryl/α,β-unsaturated/α-hetero) is 1. The molecule has 0 aliphatic rings. The lowest BCUT2D eigenvalue weighted by atomic mass is 10.0. The monoisotopic (exact) mass is 860 g/mol. The Kier molecular flexibility index (Phi) is 29.0. The molecule has 2 aromatic rings. The van der Waals surface area contributed by atoms with Gasteiger partial charge in [-0.3, -0.25) is 9.59 Å². The molecule has 0 bridgehead atoms. The van der Waals surface area contributed by atoms with E-state index < -0.39 is 33.6 Å². The first kappa shape index (κ1) is 52.2. The third-order valence-corrected chi connectivity index (χ3v) is 13.1. The van der Waals surface area contributed by atoms with Gasteiger partial charge in [0, 0.05) is 0 Å². The number of hydrogen-bond acceptors (Lipinski definition) is 7. The predicted octanol–water partition coefficient (Wildman–Crippen LogP) is 14.2. The highest BCUT2D eigenvalue weighted by Crippen LogP contribution is 2.25. The molecule has 0 radical (unpaired) electrons. The maximum Gasteiger partial charge on any atom is 0.338 e. The quantitative estimate of drug-likeness (QED) is 0.0408. The standard InChI is InChI=1S/C49H78ClNO7S/c1-4-6-8-10-12-14-16-18-20-22-24-26-28-30-38-57-49(54)42-32-37-45(50)46(40-42)51-48(53)47(41(3)52)58-43-33-35-44(36-34-43)59(55,56)39-31-29-27-25-23-21-19-17-15-13-11-9-7-5-2/h32-37,40,47H,4-31,38-39H2,1-3H3,(H,51,53). The van der Waals surface area contributed by atoms with Crippen LogP contribution in [0.3, 0.4) is 0 Å². The van der Waals surface area contributed by atoms with Crippen molar-refractivity contribution in [2.45, 2.75) is 212 Å². The summed E-state index contributed by atoms with van der Waals surface area (Å²) in [5.74, 6) is -1.62. The van der Waals surface area contributed by atoms with Crippen LogP contribution in [0, 0.1) is 0 Å². The van der Waals surface area contributed by atoms with Gasteiger partial charge in [-0.05, 0) is 62.2 Å². The van der Waals surface area contributed by atoms with E-state index in [0.717, 1.165) is 38.5 Å². The highest BCUT2D eigenvalue weighted by atomic mass is 35.5. The smallest absolute Gasteiger partial charge is 0.338 e. The number of ketones is 1. The molecule has 2 rings (SSSR count). The van der Waals surface area contributed by atoms with Crippen LogP contribution in [0.15, 0.2) is 47.4 Å². The van der Waals surface area contributed by atoms with Crippen LogP contribution >= 0.6 is 11.6 Å². The third kappa shape index (κ3) is 24.2. The zero-order valence-electron chi connectivity index (χ0n) is 37.0. The predicted molar refractivity (Wildman–Crippen MR) is 245 cm³/mol. The van der Waals surface area contributed by atoms with Crippen LogP contribution in [0.1, 0.15) is 211 Å². The average Bonchev–Trinajstić information content (AvgIpc) is 3.22. The average molecular weight is 861 g/mol. The van der Waals surface area contributed by atoms with Gasteiger partial charge in [0.25, 0.3) is 5.91 Å². The van der Waals surface area contributed by atoms with Crippen LogP contribution in [0.2, 0.25) is 5.02 Å². The van der Waals surface area contributed by atoms with Crippen LogP contribution in [-0.4, -0.2) is 44.5 Å². The normalized spacial score (nSPS) is 12.0. The molecule has 0 aliphatic carbocycles. The Balaban J connectivity index is 1.70. The highest BCUT2D eigenvalue weighted by molar-refractivity contribution is 7.91. The van der Waals surface area contributed by atoms with Crippen molar-refractivity contribution in [3.05, 3.63) is 53.1 Å². The van der Waals surface area contributed by atoms with Gasteiger partial charge in [0.05, 0.1) is 33.5 Å². The second-order valence-corrected chi connectivity index (χ2v) is 18.9. The minimum absolute atomic E-state index is 0.0660. The van der Waals surface area contributed by atoms with E-state index in [0.29, 0.717) is 13.0 Å². The van der Waals surface area contributed by atoms with Crippen LogP contribution in [0.4, 0.5) is 5.69 Å². The molecule has 0 spiro atoms. The van der Waals surface area contributed by atoms with E-state index in [1.165, 1.54) is 184 Å². The summed E-state index contributed by atoms with van der Waals surface area (Å²) in [5, 5.41) is 2.78. The molecule has 0 fully saturated rings. The molecule has 1 N–H and O–H groups in total. The number of anilines is 1. The number of unbranched alkanes of at least 4 members (excludes halogenated alkanes) is 26. The second kappa shape index (κ2) is 32.8. The fraction of sp³-hybridized carbons (Fsp3) is 0.694. The lowest BCUT2D eigenvalue weighted by molar-refractivity contribution is -0.133. The van der Waals surface area contributed by atoms with Crippen LogP contribution in [-0.2, 0) is 24.2 Å². The van der Waals surface area contributed by atoms with E-state index in [9.17, 15) is 22.8 Å². The molecule has 1 amide bonds. The molecular weight excluding hydrogens is 782 g/mol. The van der Waals surface area contributed by atoms with Crippen LogP contribution in [0.25, 0.3) is 0 Å². The fourth-order valence-corrected chi connectivity index (χ4v) is 8.81. The number of nitrogens with one attached hydrogen (secondary N) is 1. The summed E-state index contributed by atoms with van der Waals surface area (Å²) < 4.78 is 37.2. The summed E-state index contributed by atoms with van der Waals surface area (Å²) in [4.78, 5) is 38.7. The Labute approximate surface area is 363 Å². The number of hydrogen-bond donors (Lipinski definition) is 1. The van der Waals surface area contributed by atoms with E-state index in [1.54, 1.807) is 0 Å². The molecule has 1 unspecified atom stereocenters. The van der Waals surface area contributed by atoms with Gasteiger partial charge in [-0.2, -0.15) is 0 Å². The fourth-order valence-electron chi connectivity index (χ4n) is 7.28. The third-order valence-electron chi connectivity index (χ3n) is 11.0. The molecule has 2 aromatic carbocycles. The lowest BCUT2D eigenvalue weighted by Crippen LogP contribution is -2.38. The first-order valence-electron chi connectivity index (χ1n) is 23.4. The number of carbonyl (C=O) groups is 3. The number of rotatable bonds is 37. The van der Waals surface area contributed by atoms with Gasteiger partial charge in [-0.25, -0.2) is 13.2 Å². The van der Waals surface area contributed by atoms with E-state index in [1.807, 2.05) is 0 Å².